The van der Waals surface area contributed by atoms with E-state index in [0.717, 1.165) is 12.8 Å². The van der Waals surface area contributed by atoms with Gasteiger partial charge in [0.2, 0.25) is 0 Å². The van der Waals surface area contributed by atoms with Crippen molar-refractivity contribution < 1.29 is 43.8 Å². The number of unbranched alkanes of at least 4 members (excludes halogenated alkanes) is 1. The molecule has 3 nitrogen and oxygen atoms in total. The predicted molar refractivity (Wildman–Crippen MR) is 43.0 cm³/mol. The Morgan fingerprint density at radius 3 is 2.33 bits per heavy atom. The van der Waals surface area contributed by atoms with Gasteiger partial charge in [-0.3, -0.25) is 4.79 Å². The fraction of sp³-hybridized carbons (Fsp3) is 0.857. The largest absolute Gasteiger partial charge is 1.00 e. The Kier molecular flexibility index (Phi) is 10.8. The minimum Gasteiger partial charge on any atom is -0.801 e. The van der Waals surface area contributed by atoms with Crippen LogP contribution in [-0.2, 0) is 9.36 Å². The van der Waals surface area contributed by atoms with Crippen molar-refractivity contribution in [3.05, 3.63) is 0 Å². The fourth-order valence-electron chi connectivity index (χ4n) is 0.895. The first-order chi connectivity index (χ1) is 5.09. The number of carbonyl (C=O) groups excluding carboxylic acids is 1. The van der Waals surface area contributed by atoms with E-state index in [1.54, 1.807) is 0 Å². The maximum absolute atomic E-state index is 10.7. The van der Waals surface area contributed by atoms with Crippen molar-refractivity contribution in [3.8, 4) is 0 Å². The Morgan fingerprint density at radius 2 is 2.08 bits per heavy atom. The zero-order chi connectivity index (χ0) is 8.85. The van der Waals surface area contributed by atoms with E-state index in [2.05, 4.69) is 0 Å². The average Bonchev–Trinajstić information content (AvgIpc) is 1.87. The molecule has 0 aromatic rings. The summed E-state index contributed by atoms with van der Waals surface area (Å²) in [5.74, 6) is -0.225. The van der Waals surface area contributed by atoms with Gasteiger partial charge in [0.25, 0.3) is 0 Å². The zero-order valence-electron chi connectivity index (χ0n) is 7.92. The van der Waals surface area contributed by atoms with Crippen LogP contribution in [-0.4, -0.2) is 11.4 Å². The molecular weight excluding hydrogens is 186 g/mol. The van der Waals surface area contributed by atoms with Crippen molar-refractivity contribution in [2.75, 3.05) is 0 Å². The molecule has 0 saturated heterocycles. The summed E-state index contributed by atoms with van der Waals surface area (Å²) < 4.78 is 10.5. The molecule has 0 saturated carbocycles. The van der Waals surface area contributed by atoms with Gasteiger partial charge in [-0.15, -0.1) is 0 Å². The second kappa shape index (κ2) is 8.46. The molecule has 0 N–H and O–H groups in total. The van der Waals surface area contributed by atoms with E-state index in [1.165, 1.54) is 6.92 Å². The van der Waals surface area contributed by atoms with Crippen molar-refractivity contribution in [2.45, 2.75) is 38.8 Å². The number of ketones is 1. The second-order valence-electron chi connectivity index (χ2n) is 2.62. The molecule has 0 spiro atoms. The van der Waals surface area contributed by atoms with Gasteiger partial charge in [0, 0.05) is 8.03 Å². The van der Waals surface area contributed by atoms with Crippen LogP contribution in [0.25, 0.3) is 0 Å². The Hall–Kier alpha value is 0.860. The molecule has 2 atom stereocenters. The molecule has 5 heteroatoms. The van der Waals surface area contributed by atoms with Gasteiger partial charge < -0.3 is 9.46 Å². The number of hydrogen-bond donors (Lipinski definition) is 0. The summed E-state index contributed by atoms with van der Waals surface area (Å²) in [6.07, 6.45) is 2.23. The van der Waals surface area contributed by atoms with Gasteiger partial charge in [-0.05, 0) is 13.3 Å². The normalized spacial score (nSPS) is 14.6. The molecule has 0 rings (SSSR count). The van der Waals surface area contributed by atoms with Gasteiger partial charge >= 0.3 is 29.6 Å². The van der Waals surface area contributed by atoms with Crippen LogP contribution in [0.4, 0.5) is 0 Å². The average molecular weight is 200 g/mol. The molecule has 0 amide bonds. The van der Waals surface area contributed by atoms with Crippen LogP contribution in [0.15, 0.2) is 0 Å². The summed E-state index contributed by atoms with van der Waals surface area (Å²) in [5, 5.41) is 0. The third kappa shape index (κ3) is 6.38. The third-order valence-electron chi connectivity index (χ3n) is 1.62. The monoisotopic (exact) mass is 200 g/mol. The summed E-state index contributed by atoms with van der Waals surface area (Å²) in [5.41, 5.74) is -0.708. The van der Waals surface area contributed by atoms with E-state index in [4.69, 9.17) is 0 Å². The van der Waals surface area contributed by atoms with Gasteiger partial charge in [-0.2, -0.15) is 0 Å². The molecule has 12 heavy (non-hydrogen) atoms. The maximum Gasteiger partial charge on any atom is 1.00 e. The molecule has 0 bridgehead atoms. The van der Waals surface area contributed by atoms with Crippen molar-refractivity contribution in [3.63, 3.8) is 0 Å². The van der Waals surface area contributed by atoms with Crippen molar-refractivity contribution in [1.29, 1.82) is 0 Å². The first-order valence-electron chi connectivity index (χ1n) is 3.81. The van der Waals surface area contributed by atoms with Gasteiger partial charge in [-0.25, -0.2) is 0 Å². The van der Waals surface area contributed by atoms with E-state index >= 15 is 0 Å². The SMILES string of the molecule is CCCCC(C(C)=O)[PH](=O)[O-].[Na+]. The van der Waals surface area contributed by atoms with Crippen LogP contribution in [0, 0.1) is 0 Å². The Bertz CT molecular complexity index is 147. The van der Waals surface area contributed by atoms with Crippen LogP contribution >= 0.6 is 8.03 Å². The summed E-state index contributed by atoms with van der Waals surface area (Å²) in [4.78, 5) is 21.2. The molecule has 0 aliphatic carbocycles. The van der Waals surface area contributed by atoms with Crippen LogP contribution < -0.4 is 34.5 Å². The van der Waals surface area contributed by atoms with Crippen LogP contribution in [0.1, 0.15) is 33.1 Å². The van der Waals surface area contributed by atoms with Crippen molar-refractivity contribution in [2.24, 2.45) is 0 Å². The summed E-state index contributed by atoms with van der Waals surface area (Å²) in [6.45, 7) is 3.31. The molecule has 0 heterocycles. The molecular formula is C7H14NaO3P. The Morgan fingerprint density at radius 1 is 1.58 bits per heavy atom. The maximum atomic E-state index is 10.7. The number of carbonyl (C=O) groups is 1. The smallest absolute Gasteiger partial charge is 0.801 e. The molecule has 0 fully saturated rings. The molecule has 0 aromatic heterocycles. The van der Waals surface area contributed by atoms with Gasteiger partial charge in [-0.1, -0.05) is 19.8 Å². The van der Waals surface area contributed by atoms with Crippen molar-refractivity contribution in [1.82, 2.24) is 0 Å². The Balaban J connectivity index is 0. The van der Waals surface area contributed by atoms with Crippen LogP contribution in [0.2, 0.25) is 0 Å². The zero-order valence-corrected chi connectivity index (χ0v) is 10.9. The third-order valence-corrected chi connectivity index (χ3v) is 2.89. The summed E-state index contributed by atoms with van der Waals surface area (Å²) in [6, 6.07) is 0. The second-order valence-corrected chi connectivity index (χ2v) is 3.96. The topological polar surface area (TPSA) is 57.2 Å². The van der Waals surface area contributed by atoms with Gasteiger partial charge in [0.15, 0.2) is 0 Å². The van der Waals surface area contributed by atoms with Crippen molar-refractivity contribution >= 4 is 13.8 Å². The molecule has 0 radical (unpaired) electrons. The molecule has 2 unspecified atom stereocenters. The first-order valence-corrected chi connectivity index (χ1v) is 5.20. The molecule has 66 valence electrons. The van der Waals surface area contributed by atoms with E-state index in [1.807, 2.05) is 6.92 Å². The number of rotatable bonds is 5. The first kappa shape index (κ1) is 15.3. The quantitative estimate of drug-likeness (QED) is 0.380. The van der Waals surface area contributed by atoms with Gasteiger partial charge in [0.1, 0.15) is 5.78 Å². The summed E-state index contributed by atoms with van der Waals surface area (Å²) in [7, 11) is -2.89. The Labute approximate surface area is 96.1 Å². The van der Waals surface area contributed by atoms with Crippen LogP contribution in [0.3, 0.4) is 0 Å². The standard InChI is InChI=1S/C7H15O3P.Na/c1-3-4-5-7(6(2)8)11(9)10;/h7,11H,3-5H2,1-2H3,(H,9,10);/q;+1/p-1. The summed E-state index contributed by atoms with van der Waals surface area (Å²) >= 11 is 0. The van der Waals surface area contributed by atoms with E-state index in [-0.39, 0.29) is 35.3 Å². The van der Waals surface area contributed by atoms with Crippen LogP contribution in [0.5, 0.6) is 0 Å². The molecule has 0 aromatic carbocycles. The molecule has 0 aliphatic heterocycles. The van der Waals surface area contributed by atoms with E-state index in [0.29, 0.717) is 6.42 Å². The minimum atomic E-state index is -2.89. The minimum absolute atomic E-state index is 0. The van der Waals surface area contributed by atoms with E-state index < -0.39 is 13.7 Å². The van der Waals surface area contributed by atoms with E-state index in [9.17, 15) is 14.3 Å². The number of Topliss-reactive ketones (excluding diaryl/α,β-unsaturated/α-hetero) is 1. The predicted octanol–water partition coefficient (Wildman–Crippen LogP) is -2.03. The number of hydrogen-bond acceptors (Lipinski definition) is 3. The van der Waals surface area contributed by atoms with Gasteiger partial charge in [0.05, 0.1) is 5.66 Å². The molecule has 0 aliphatic rings. The fourth-order valence-corrected chi connectivity index (χ4v) is 1.67.